The third-order valence-electron chi connectivity index (χ3n) is 4.25. The van der Waals surface area contributed by atoms with Crippen LogP contribution >= 0.6 is 0 Å². The van der Waals surface area contributed by atoms with Gasteiger partial charge in [-0.3, -0.25) is 14.8 Å². The van der Waals surface area contributed by atoms with Crippen molar-refractivity contribution in [2.45, 2.75) is 6.18 Å². The summed E-state index contributed by atoms with van der Waals surface area (Å²) in [4.78, 5) is 24.6. The van der Waals surface area contributed by atoms with Crippen LogP contribution in [0.2, 0.25) is 0 Å². The number of nitrogens with zero attached hydrogens (tertiary/aromatic N) is 3. The minimum Gasteiger partial charge on any atom is -0.319 e. The predicted molar refractivity (Wildman–Crippen MR) is 102 cm³/mol. The Balaban J connectivity index is 1.76. The van der Waals surface area contributed by atoms with E-state index in [0.29, 0.717) is 22.2 Å². The fraction of sp³-hybridized carbons (Fsp3) is 0.0476. The monoisotopic (exact) mass is 394 g/mol. The third-order valence-corrected chi connectivity index (χ3v) is 4.25. The number of carbonyl (C=O) groups is 1. The van der Waals surface area contributed by atoms with Crippen LogP contribution in [0.15, 0.2) is 73.3 Å². The number of halogens is 3. The SMILES string of the molecule is O=C(Nc1cccnc1)c1ccc2cccc(-c3cncc(C(F)(F)F)c3)c2n1. The maximum absolute atomic E-state index is 13.1. The minimum atomic E-state index is -4.50. The van der Waals surface area contributed by atoms with Gasteiger partial charge in [-0.05, 0) is 24.3 Å². The Labute approximate surface area is 163 Å². The number of amides is 1. The van der Waals surface area contributed by atoms with Gasteiger partial charge in [-0.2, -0.15) is 13.2 Å². The standard InChI is InChI=1S/C21H13F3N4O/c22-21(23,24)15-9-14(10-26-11-15)17-5-1-3-13-6-7-18(28-19(13)17)20(29)27-16-4-2-8-25-12-16/h1-12H,(H,27,29). The van der Waals surface area contributed by atoms with E-state index in [1.807, 2.05) is 0 Å². The van der Waals surface area contributed by atoms with Crippen LogP contribution in [-0.4, -0.2) is 20.9 Å². The number of carbonyl (C=O) groups excluding carboxylic acids is 1. The molecule has 29 heavy (non-hydrogen) atoms. The maximum atomic E-state index is 13.1. The van der Waals surface area contributed by atoms with Crippen LogP contribution in [0, 0.1) is 0 Å². The lowest BCUT2D eigenvalue weighted by molar-refractivity contribution is -0.137. The molecule has 0 bridgehead atoms. The van der Waals surface area contributed by atoms with Crippen molar-refractivity contribution in [2.75, 3.05) is 5.32 Å². The predicted octanol–water partition coefficient (Wildman–Crippen LogP) is 4.96. The summed E-state index contributed by atoms with van der Waals surface area (Å²) in [7, 11) is 0. The molecule has 0 aliphatic rings. The number of anilines is 1. The van der Waals surface area contributed by atoms with Crippen LogP contribution in [0.25, 0.3) is 22.0 Å². The van der Waals surface area contributed by atoms with Crippen molar-refractivity contribution in [2.24, 2.45) is 0 Å². The number of aromatic nitrogens is 3. The summed E-state index contributed by atoms with van der Waals surface area (Å²) in [5, 5.41) is 3.38. The Morgan fingerprint density at radius 3 is 2.55 bits per heavy atom. The highest BCUT2D eigenvalue weighted by Crippen LogP contribution is 2.33. The average Bonchev–Trinajstić information content (AvgIpc) is 2.73. The maximum Gasteiger partial charge on any atom is 0.417 e. The Kier molecular flexibility index (Phi) is 4.67. The quantitative estimate of drug-likeness (QED) is 0.533. The molecule has 0 fully saturated rings. The molecule has 1 amide bonds. The molecule has 0 aliphatic heterocycles. The zero-order chi connectivity index (χ0) is 20.4. The molecule has 0 unspecified atom stereocenters. The third kappa shape index (κ3) is 3.91. The summed E-state index contributed by atoms with van der Waals surface area (Å²) in [6, 6.07) is 12.8. The Bertz CT molecular complexity index is 1190. The average molecular weight is 394 g/mol. The lowest BCUT2D eigenvalue weighted by Gasteiger charge is -2.11. The molecule has 1 N–H and O–H groups in total. The van der Waals surface area contributed by atoms with Crippen LogP contribution in [0.5, 0.6) is 0 Å². The molecule has 0 radical (unpaired) electrons. The Hall–Kier alpha value is -3.81. The van der Waals surface area contributed by atoms with Gasteiger partial charge in [0.05, 0.1) is 23.0 Å². The van der Waals surface area contributed by atoms with Gasteiger partial charge in [0.1, 0.15) is 5.69 Å². The second-order valence-corrected chi connectivity index (χ2v) is 6.23. The molecule has 144 valence electrons. The second kappa shape index (κ2) is 7.31. The number of hydrogen-bond donors (Lipinski definition) is 1. The summed E-state index contributed by atoms with van der Waals surface area (Å²) in [5.41, 5.74) is 0.924. The van der Waals surface area contributed by atoms with Crippen LogP contribution in [0.4, 0.5) is 18.9 Å². The number of pyridine rings is 3. The fourth-order valence-corrected chi connectivity index (χ4v) is 2.88. The molecule has 4 rings (SSSR count). The summed E-state index contributed by atoms with van der Waals surface area (Å²) in [5.74, 6) is -0.447. The smallest absolute Gasteiger partial charge is 0.319 e. The number of fused-ring (bicyclic) bond motifs is 1. The molecule has 0 saturated carbocycles. The molecule has 0 atom stereocenters. The molecular formula is C21H13F3N4O. The molecule has 3 heterocycles. The van der Waals surface area contributed by atoms with Gasteiger partial charge in [0.25, 0.3) is 5.91 Å². The van der Waals surface area contributed by atoms with E-state index in [1.165, 1.54) is 12.4 Å². The first-order chi connectivity index (χ1) is 13.9. The van der Waals surface area contributed by atoms with Crippen LogP contribution in [-0.2, 0) is 6.18 Å². The number of alkyl halides is 3. The molecule has 5 nitrogen and oxygen atoms in total. The van der Waals surface area contributed by atoms with E-state index in [-0.39, 0.29) is 11.3 Å². The van der Waals surface area contributed by atoms with Crippen LogP contribution in [0.1, 0.15) is 16.1 Å². The number of hydrogen-bond acceptors (Lipinski definition) is 4. The zero-order valence-corrected chi connectivity index (χ0v) is 14.8. The molecule has 0 saturated heterocycles. The first kappa shape index (κ1) is 18.5. The van der Waals surface area contributed by atoms with Gasteiger partial charge < -0.3 is 5.32 Å². The van der Waals surface area contributed by atoms with Gasteiger partial charge in [0, 0.05) is 35.1 Å². The van der Waals surface area contributed by atoms with Gasteiger partial charge in [-0.1, -0.05) is 24.3 Å². The van der Waals surface area contributed by atoms with Gasteiger partial charge in [-0.15, -0.1) is 0 Å². The van der Waals surface area contributed by atoms with Crippen LogP contribution < -0.4 is 5.32 Å². The molecule has 1 aromatic carbocycles. The first-order valence-electron chi connectivity index (χ1n) is 8.55. The van der Waals surface area contributed by atoms with Crippen molar-refractivity contribution in [3.8, 4) is 11.1 Å². The van der Waals surface area contributed by atoms with Gasteiger partial charge in [0.15, 0.2) is 0 Å². The topological polar surface area (TPSA) is 67.8 Å². The number of benzene rings is 1. The second-order valence-electron chi connectivity index (χ2n) is 6.23. The Morgan fingerprint density at radius 1 is 0.931 bits per heavy atom. The lowest BCUT2D eigenvalue weighted by Crippen LogP contribution is -2.13. The minimum absolute atomic E-state index is 0.133. The molecular weight excluding hydrogens is 381 g/mol. The molecule has 0 spiro atoms. The van der Waals surface area contributed by atoms with E-state index in [1.54, 1.807) is 48.7 Å². The number of rotatable bonds is 3. The Morgan fingerprint density at radius 2 is 1.79 bits per heavy atom. The highest BCUT2D eigenvalue weighted by Gasteiger charge is 2.31. The van der Waals surface area contributed by atoms with Crippen molar-refractivity contribution in [3.63, 3.8) is 0 Å². The van der Waals surface area contributed by atoms with E-state index in [0.717, 1.165) is 12.3 Å². The molecule has 4 aromatic rings. The number of nitrogens with one attached hydrogen (secondary N) is 1. The largest absolute Gasteiger partial charge is 0.417 e. The van der Waals surface area contributed by atoms with Gasteiger partial charge in [0.2, 0.25) is 0 Å². The van der Waals surface area contributed by atoms with E-state index in [4.69, 9.17) is 0 Å². The summed E-state index contributed by atoms with van der Waals surface area (Å²) < 4.78 is 39.2. The zero-order valence-electron chi connectivity index (χ0n) is 14.8. The van der Waals surface area contributed by atoms with Gasteiger partial charge >= 0.3 is 6.18 Å². The molecule has 3 aromatic heterocycles. The van der Waals surface area contributed by atoms with E-state index >= 15 is 0 Å². The number of para-hydroxylation sites is 1. The van der Waals surface area contributed by atoms with Crippen molar-refractivity contribution in [1.82, 2.24) is 15.0 Å². The van der Waals surface area contributed by atoms with Crippen molar-refractivity contribution < 1.29 is 18.0 Å². The summed E-state index contributed by atoms with van der Waals surface area (Å²) in [6.07, 6.45) is 0.691. The van der Waals surface area contributed by atoms with Crippen molar-refractivity contribution >= 4 is 22.5 Å². The lowest BCUT2D eigenvalue weighted by atomic mass is 10.0. The molecule has 8 heteroatoms. The van der Waals surface area contributed by atoms with E-state index in [2.05, 4.69) is 20.3 Å². The van der Waals surface area contributed by atoms with E-state index in [9.17, 15) is 18.0 Å². The fourth-order valence-electron chi connectivity index (χ4n) is 2.88. The van der Waals surface area contributed by atoms with E-state index < -0.39 is 17.6 Å². The molecule has 0 aliphatic carbocycles. The highest BCUT2D eigenvalue weighted by molar-refractivity contribution is 6.05. The van der Waals surface area contributed by atoms with Crippen molar-refractivity contribution in [1.29, 1.82) is 0 Å². The summed E-state index contributed by atoms with van der Waals surface area (Å²) in [6.45, 7) is 0. The summed E-state index contributed by atoms with van der Waals surface area (Å²) >= 11 is 0. The highest BCUT2D eigenvalue weighted by atomic mass is 19.4. The van der Waals surface area contributed by atoms with Crippen molar-refractivity contribution in [3.05, 3.63) is 84.6 Å². The normalized spacial score (nSPS) is 11.4. The van der Waals surface area contributed by atoms with Gasteiger partial charge in [-0.25, -0.2) is 4.98 Å². The van der Waals surface area contributed by atoms with Crippen LogP contribution in [0.3, 0.4) is 0 Å². The first-order valence-corrected chi connectivity index (χ1v) is 8.55.